The average Bonchev–Trinajstić information content (AvgIpc) is 3.02. The quantitative estimate of drug-likeness (QED) is 0.541. The zero-order valence-corrected chi connectivity index (χ0v) is 19.8. The maximum absolute atomic E-state index is 14.5. The van der Waals surface area contributed by atoms with Crippen molar-refractivity contribution in [1.29, 1.82) is 0 Å². The molecular weight excluding hydrogens is 470 g/mol. The number of nitrogens with two attached hydrogens (primary N) is 1. The number of esters is 1. The van der Waals surface area contributed by atoms with Gasteiger partial charge in [-0.2, -0.15) is 0 Å². The van der Waals surface area contributed by atoms with Crippen LogP contribution >= 0.6 is 11.6 Å². The Labute approximate surface area is 205 Å². The minimum absolute atomic E-state index is 0.00797. The third kappa shape index (κ3) is 3.32. The second-order valence-electron chi connectivity index (χ2n) is 8.37. The summed E-state index contributed by atoms with van der Waals surface area (Å²) in [4.78, 5) is 45.4. The Morgan fingerprint density at radius 3 is 2.69 bits per heavy atom. The van der Waals surface area contributed by atoms with Gasteiger partial charge in [-0.3, -0.25) is 9.59 Å². The van der Waals surface area contributed by atoms with Gasteiger partial charge in [0, 0.05) is 28.0 Å². The monoisotopic (exact) mass is 491 g/mol. The molecule has 0 aliphatic carbocycles. The number of hydrogen-bond acceptors (Lipinski definition) is 6. The molecule has 1 atom stereocenters. The van der Waals surface area contributed by atoms with Gasteiger partial charge in [0.05, 0.1) is 18.7 Å². The van der Waals surface area contributed by atoms with Crippen LogP contribution in [0.15, 0.2) is 70.8 Å². The molecule has 8 nitrogen and oxygen atoms in total. The predicted octanol–water partition coefficient (Wildman–Crippen LogP) is 3.30. The molecule has 2 aliphatic rings. The number of benzene rings is 2. The summed E-state index contributed by atoms with van der Waals surface area (Å²) in [7, 11) is 0. The Hall–Kier alpha value is -4.04. The topological polar surface area (TPSA) is 115 Å². The minimum atomic E-state index is -1.85. The third-order valence-electron chi connectivity index (χ3n) is 6.22. The zero-order valence-electron chi connectivity index (χ0n) is 19.1. The van der Waals surface area contributed by atoms with Gasteiger partial charge in [-0.1, -0.05) is 41.9 Å². The van der Waals surface area contributed by atoms with E-state index in [1.165, 1.54) is 4.90 Å². The van der Waals surface area contributed by atoms with Crippen molar-refractivity contribution < 1.29 is 19.1 Å². The van der Waals surface area contributed by atoms with Crippen LogP contribution in [0, 0.1) is 6.92 Å². The van der Waals surface area contributed by atoms with E-state index in [1.54, 1.807) is 62.4 Å². The number of hydrogen-bond donors (Lipinski definition) is 2. The lowest BCUT2D eigenvalue weighted by Crippen LogP contribution is -2.51. The van der Waals surface area contributed by atoms with E-state index in [0.717, 1.165) is 5.56 Å². The van der Waals surface area contributed by atoms with Gasteiger partial charge in [-0.05, 0) is 37.6 Å². The molecule has 178 valence electrons. The van der Waals surface area contributed by atoms with Gasteiger partial charge in [-0.15, -0.1) is 0 Å². The summed E-state index contributed by atoms with van der Waals surface area (Å²) in [6.07, 6.45) is 0. The molecule has 0 saturated heterocycles. The van der Waals surface area contributed by atoms with Crippen molar-refractivity contribution in [2.45, 2.75) is 25.8 Å². The van der Waals surface area contributed by atoms with E-state index < -0.39 is 22.9 Å². The van der Waals surface area contributed by atoms with Crippen molar-refractivity contribution in [3.8, 4) is 5.75 Å². The highest BCUT2D eigenvalue weighted by Crippen LogP contribution is 2.54. The van der Waals surface area contributed by atoms with Crippen LogP contribution < -0.4 is 20.9 Å². The Morgan fingerprint density at radius 2 is 1.94 bits per heavy atom. The fraction of sp³-hybridized carbons (Fsp3) is 0.192. The fourth-order valence-electron chi connectivity index (χ4n) is 4.94. The van der Waals surface area contributed by atoms with Crippen LogP contribution in [-0.4, -0.2) is 23.5 Å². The highest BCUT2D eigenvalue weighted by atomic mass is 35.5. The molecule has 0 saturated carbocycles. The normalized spacial score (nSPS) is 18.4. The van der Waals surface area contributed by atoms with Crippen LogP contribution in [0.4, 0.5) is 5.69 Å². The summed E-state index contributed by atoms with van der Waals surface area (Å²) >= 11 is 6.18. The first-order valence-electron chi connectivity index (χ1n) is 11.0. The first kappa shape index (κ1) is 22.7. The number of amides is 1. The van der Waals surface area contributed by atoms with E-state index in [-0.39, 0.29) is 35.9 Å². The van der Waals surface area contributed by atoms with E-state index in [9.17, 15) is 14.4 Å². The van der Waals surface area contributed by atoms with Crippen LogP contribution in [0.25, 0.3) is 0 Å². The molecule has 2 aromatic carbocycles. The summed E-state index contributed by atoms with van der Waals surface area (Å²) in [5.74, 6) is -1.51. The summed E-state index contributed by atoms with van der Waals surface area (Å²) in [6.45, 7) is 3.54. The van der Waals surface area contributed by atoms with Crippen molar-refractivity contribution in [2.75, 3.05) is 11.5 Å². The smallest absolute Gasteiger partial charge is 0.341 e. The first-order chi connectivity index (χ1) is 16.8. The summed E-state index contributed by atoms with van der Waals surface area (Å²) < 4.78 is 11.0. The highest BCUT2D eigenvalue weighted by Gasteiger charge is 2.62. The molecule has 0 fully saturated rings. The van der Waals surface area contributed by atoms with Gasteiger partial charge in [0.2, 0.25) is 11.8 Å². The van der Waals surface area contributed by atoms with Gasteiger partial charge in [0.1, 0.15) is 16.7 Å². The van der Waals surface area contributed by atoms with E-state index >= 15 is 0 Å². The molecule has 9 heteroatoms. The third-order valence-corrected chi connectivity index (χ3v) is 6.46. The molecule has 3 N–H and O–H groups in total. The average molecular weight is 492 g/mol. The number of halogens is 1. The second kappa shape index (κ2) is 8.32. The van der Waals surface area contributed by atoms with Gasteiger partial charge in [0.25, 0.3) is 5.56 Å². The number of anilines is 1. The minimum Gasteiger partial charge on any atom is -0.462 e. The van der Waals surface area contributed by atoms with Crippen LogP contribution in [-0.2, 0) is 26.3 Å². The largest absolute Gasteiger partial charge is 0.462 e. The molecule has 1 unspecified atom stereocenters. The van der Waals surface area contributed by atoms with Crippen molar-refractivity contribution in [1.82, 2.24) is 4.98 Å². The molecular formula is C26H22ClN3O5. The van der Waals surface area contributed by atoms with E-state index in [0.29, 0.717) is 22.0 Å². The maximum atomic E-state index is 14.5. The number of carbonyl (C=O) groups excluding carboxylic acids is 2. The van der Waals surface area contributed by atoms with Gasteiger partial charge in [-0.25, -0.2) is 4.79 Å². The number of pyridine rings is 1. The fourth-order valence-corrected chi connectivity index (χ4v) is 5.15. The number of fused-ring (bicyclic) bond motifs is 4. The molecule has 3 aromatic rings. The van der Waals surface area contributed by atoms with Crippen molar-refractivity contribution >= 4 is 29.2 Å². The molecule has 0 radical (unpaired) electrons. The predicted molar refractivity (Wildman–Crippen MR) is 130 cm³/mol. The molecule has 0 bridgehead atoms. The van der Waals surface area contributed by atoms with Crippen LogP contribution in [0.3, 0.4) is 0 Å². The lowest BCUT2D eigenvalue weighted by molar-refractivity contribution is -0.140. The Bertz CT molecular complexity index is 1480. The van der Waals surface area contributed by atoms with Crippen LogP contribution in [0.5, 0.6) is 5.75 Å². The SMILES string of the molecule is CCOC(=O)C1=C(N)Oc2cc(C)[nH]c(=O)c2C12C(=O)N(Cc1cccc(Cl)c1)c1ccccc12. The van der Waals surface area contributed by atoms with Crippen molar-refractivity contribution in [3.05, 3.63) is 104 Å². The van der Waals surface area contributed by atoms with Crippen LogP contribution in [0.1, 0.15) is 29.3 Å². The standard InChI is InChI=1S/C26H22ClN3O5/c1-3-34-24(32)21-22(28)35-19-11-14(2)29-23(31)20(19)26(21)17-9-4-5-10-18(17)30(25(26)33)13-15-7-6-8-16(27)12-15/h4-12H,3,13,28H2,1-2H3,(H,29,31). The highest BCUT2D eigenvalue weighted by molar-refractivity contribution is 6.30. The number of ether oxygens (including phenoxy) is 2. The maximum Gasteiger partial charge on any atom is 0.341 e. The number of carbonyl (C=O) groups is 2. The number of H-pyrrole nitrogens is 1. The molecule has 35 heavy (non-hydrogen) atoms. The number of aryl methyl sites for hydroxylation is 1. The summed E-state index contributed by atoms with van der Waals surface area (Å²) in [5, 5.41) is 0.525. The van der Waals surface area contributed by atoms with Gasteiger partial charge in [0.15, 0.2) is 0 Å². The number of nitrogens with zero attached hydrogens (tertiary/aromatic N) is 1. The number of nitrogens with one attached hydrogen (secondary N) is 1. The summed E-state index contributed by atoms with van der Waals surface area (Å²) in [6, 6.07) is 15.7. The Kier molecular flexibility index (Phi) is 5.40. The Balaban J connectivity index is 1.83. The number of aromatic amines is 1. The van der Waals surface area contributed by atoms with Crippen LogP contribution in [0.2, 0.25) is 5.02 Å². The second-order valence-corrected chi connectivity index (χ2v) is 8.81. The van der Waals surface area contributed by atoms with Gasteiger partial charge >= 0.3 is 5.97 Å². The number of para-hydroxylation sites is 1. The molecule has 2 aliphatic heterocycles. The lowest BCUT2D eigenvalue weighted by Gasteiger charge is -2.35. The molecule has 1 aromatic heterocycles. The van der Waals surface area contributed by atoms with E-state index in [2.05, 4.69) is 4.98 Å². The lowest BCUT2D eigenvalue weighted by atomic mass is 9.68. The van der Waals surface area contributed by atoms with E-state index in [4.69, 9.17) is 26.8 Å². The molecule has 1 spiro atoms. The van der Waals surface area contributed by atoms with Crippen molar-refractivity contribution in [3.63, 3.8) is 0 Å². The Morgan fingerprint density at radius 1 is 1.17 bits per heavy atom. The first-order valence-corrected chi connectivity index (χ1v) is 11.4. The van der Waals surface area contributed by atoms with Crippen molar-refractivity contribution in [2.24, 2.45) is 5.73 Å². The number of rotatable bonds is 4. The molecule has 1 amide bonds. The summed E-state index contributed by atoms with van der Waals surface area (Å²) in [5.41, 5.74) is 5.93. The zero-order chi connectivity index (χ0) is 24.9. The molecule has 3 heterocycles. The van der Waals surface area contributed by atoms with Gasteiger partial charge < -0.3 is 25.1 Å². The van der Waals surface area contributed by atoms with E-state index in [1.807, 2.05) is 6.07 Å². The molecule has 5 rings (SSSR count). The number of aromatic nitrogens is 1.